The van der Waals surface area contributed by atoms with Gasteiger partial charge in [0.2, 0.25) is 5.82 Å². The summed E-state index contributed by atoms with van der Waals surface area (Å²) in [7, 11) is 0. The Kier molecular flexibility index (Phi) is 5.57. The average Bonchev–Trinajstić information content (AvgIpc) is 3.20. The zero-order valence-electron chi connectivity index (χ0n) is 16.4. The molecule has 1 heterocycles. The Bertz CT molecular complexity index is 1240. The average molecular weight is 437 g/mol. The van der Waals surface area contributed by atoms with Crippen LogP contribution in [0.15, 0.2) is 66.7 Å². The maximum absolute atomic E-state index is 12.9. The van der Waals surface area contributed by atoms with Crippen LogP contribution < -0.4 is 5.32 Å². The van der Waals surface area contributed by atoms with Crippen molar-refractivity contribution in [2.24, 2.45) is 0 Å². The summed E-state index contributed by atoms with van der Waals surface area (Å²) in [6.45, 7) is 3.77. The first-order chi connectivity index (χ1) is 14.4. The number of halogens is 2. The smallest absolute Gasteiger partial charge is 0.295 e. The number of carbonyl (C=O) groups is 1. The molecule has 0 spiro atoms. The van der Waals surface area contributed by atoms with E-state index >= 15 is 0 Å². The number of hydrogen-bond acceptors (Lipinski definition) is 3. The molecule has 0 atom stereocenters. The van der Waals surface area contributed by atoms with Gasteiger partial charge in [-0.25, -0.2) is 9.67 Å². The molecule has 4 rings (SSSR count). The summed E-state index contributed by atoms with van der Waals surface area (Å²) in [6.07, 6.45) is 0. The van der Waals surface area contributed by atoms with Gasteiger partial charge in [-0.15, -0.1) is 5.10 Å². The Morgan fingerprint density at radius 2 is 1.70 bits per heavy atom. The molecular weight excluding hydrogens is 419 g/mol. The molecule has 0 aliphatic heterocycles. The van der Waals surface area contributed by atoms with Gasteiger partial charge in [0.05, 0.1) is 5.69 Å². The van der Waals surface area contributed by atoms with Gasteiger partial charge in [0.25, 0.3) is 5.91 Å². The number of benzene rings is 3. The molecule has 4 aromatic rings. The zero-order chi connectivity index (χ0) is 21.3. The van der Waals surface area contributed by atoms with Crippen LogP contribution in [-0.2, 0) is 0 Å². The van der Waals surface area contributed by atoms with E-state index in [0.717, 1.165) is 22.4 Å². The van der Waals surface area contributed by atoms with Gasteiger partial charge in [0, 0.05) is 21.3 Å². The number of carbonyl (C=O) groups excluding carboxylic acids is 1. The van der Waals surface area contributed by atoms with Crippen molar-refractivity contribution in [3.8, 4) is 17.1 Å². The molecule has 0 saturated carbocycles. The number of anilines is 1. The number of hydrogen-bond donors (Lipinski definition) is 1. The SMILES string of the molecule is Cc1ccc(-n2nc(C(=O)Nc3cccc(Cl)c3C)nc2-c2ccccc2)cc1Cl. The van der Waals surface area contributed by atoms with Crippen LogP contribution in [0.5, 0.6) is 0 Å². The Morgan fingerprint density at radius 1 is 0.933 bits per heavy atom. The molecule has 1 amide bonds. The van der Waals surface area contributed by atoms with Crippen molar-refractivity contribution in [3.63, 3.8) is 0 Å². The molecule has 0 fully saturated rings. The third-order valence-electron chi connectivity index (χ3n) is 4.76. The minimum atomic E-state index is -0.422. The van der Waals surface area contributed by atoms with Crippen molar-refractivity contribution in [2.75, 3.05) is 5.32 Å². The van der Waals surface area contributed by atoms with Crippen LogP contribution >= 0.6 is 23.2 Å². The molecule has 5 nitrogen and oxygen atoms in total. The highest BCUT2D eigenvalue weighted by molar-refractivity contribution is 6.32. The molecule has 7 heteroatoms. The maximum atomic E-state index is 12.9. The molecule has 0 saturated heterocycles. The van der Waals surface area contributed by atoms with E-state index in [-0.39, 0.29) is 5.82 Å². The topological polar surface area (TPSA) is 59.8 Å². The molecule has 0 aliphatic rings. The van der Waals surface area contributed by atoms with E-state index in [9.17, 15) is 4.79 Å². The second-order valence-electron chi connectivity index (χ2n) is 6.84. The number of aryl methyl sites for hydroxylation is 1. The minimum Gasteiger partial charge on any atom is -0.319 e. The Morgan fingerprint density at radius 3 is 2.43 bits per heavy atom. The van der Waals surface area contributed by atoms with E-state index in [1.165, 1.54) is 0 Å². The van der Waals surface area contributed by atoms with E-state index in [4.69, 9.17) is 23.2 Å². The molecule has 0 radical (unpaired) electrons. The van der Waals surface area contributed by atoms with Gasteiger partial charge >= 0.3 is 0 Å². The molecular formula is C23H18Cl2N4O. The number of nitrogens with zero attached hydrogens (tertiary/aromatic N) is 3. The third-order valence-corrected chi connectivity index (χ3v) is 5.57. The lowest BCUT2D eigenvalue weighted by Gasteiger charge is -2.08. The van der Waals surface area contributed by atoms with Gasteiger partial charge < -0.3 is 5.32 Å². The highest BCUT2D eigenvalue weighted by Gasteiger charge is 2.20. The molecule has 0 bridgehead atoms. The van der Waals surface area contributed by atoms with Crippen molar-refractivity contribution in [3.05, 3.63) is 93.7 Å². The fraction of sp³-hybridized carbons (Fsp3) is 0.0870. The van der Waals surface area contributed by atoms with Gasteiger partial charge in [-0.2, -0.15) is 0 Å². The van der Waals surface area contributed by atoms with E-state index in [2.05, 4.69) is 15.4 Å². The minimum absolute atomic E-state index is 0.0462. The van der Waals surface area contributed by atoms with Crippen LogP contribution in [0.3, 0.4) is 0 Å². The van der Waals surface area contributed by atoms with E-state index in [1.54, 1.807) is 28.9 Å². The second kappa shape index (κ2) is 8.30. The first kappa shape index (κ1) is 20.1. The Hall–Kier alpha value is -3.15. The summed E-state index contributed by atoms with van der Waals surface area (Å²) < 4.78 is 1.63. The lowest BCUT2D eigenvalue weighted by atomic mass is 10.2. The number of amides is 1. The van der Waals surface area contributed by atoms with E-state index in [1.807, 2.05) is 56.3 Å². The normalized spacial score (nSPS) is 10.8. The summed E-state index contributed by atoms with van der Waals surface area (Å²) >= 11 is 12.5. The Labute approximate surface area is 184 Å². The van der Waals surface area contributed by atoms with Gasteiger partial charge in [-0.05, 0) is 49.2 Å². The van der Waals surface area contributed by atoms with Crippen LogP contribution in [0.2, 0.25) is 10.0 Å². The largest absolute Gasteiger partial charge is 0.319 e. The van der Waals surface area contributed by atoms with Crippen molar-refractivity contribution >= 4 is 34.8 Å². The fourth-order valence-corrected chi connectivity index (χ4v) is 3.35. The van der Waals surface area contributed by atoms with Gasteiger partial charge in [-0.3, -0.25) is 4.79 Å². The highest BCUT2D eigenvalue weighted by Crippen LogP contribution is 2.26. The predicted molar refractivity (Wildman–Crippen MR) is 121 cm³/mol. The van der Waals surface area contributed by atoms with Crippen LogP contribution in [0, 0.1) is 13.8 Å². The van der Waals surface area contributed by atoms with E-state index < -0.39 is 5.91 Å². The summed E-state index contributed by atoms with van der Waals surface area (Å²) in [5.41, 5.74) is 3.90. The molecule has 1 N–H and O–H groups in total. The first-order valence-electron chi connectivity index (χ1n) is 9.29. The molecule has 30 heavy (non-hydrogen) atoms. The highest BCUT2D eigenvalue weighted by atomic mass is 35.5. The fourth-order valence-electron chi connectivity index (χ4n) is 3.00. The van der Waals surface area contributed by atoms with Crippen molar-refractivity contribution in [1.29, 1.82) is 0 Å². The molecule has 0 unspecified atom stereocenters. The van der Waals surface area contributed by atoms with Crippen molar-refractivity contribution < 1.29 is 4.79 Å². The van der Waals surface area contributed by atoms with E-state index in [0.29, 0.717) is 21.6 Å². The van der Waals surface area contributed by atoms with Crippen LogP contribution in [0.25, 0.3) is 17.1 Å². The summed E-state index contributed by atoms with van der Waals surface area (Å²) in [5.74, 6) is 0.169. The lowest BCUT2D eigenvalue weighted by Crippen LogP contribution is -2.15. The second-order valence-corrected chi connectivity index (χ2v) is 7.65. The van der Waals surface area contributed by atoms with Crippen LogP contribution in [0.4, 0.5) is 5.69 Å². The quantitative estimate of drug-likeness (QED) is 0.419. The molecule has 0 aliphatic carbocycles. The Balaban J connectivity index is 1.78. The summed E-state index contributed by atoms with van der Waals surface area (Å²) in [6, 6.07) is 20.5. The standard InChI is InChI=1S/C23H18Cl2N4O/c1-14-11-12-17(13-19(14)25)29-22(16-7-4-3-5-8-16)27-21(28-29)23(30)26-20-10-6-9-18(24)15(20)2/h3-13H,1-2H3,(H,26,30). The lowest BCUT2D eigenvalue weighted by molar-refractivity contribution is 0.101. The molecule has 1 aromatic heterocycles. The molecule has 3 aromatic carbocycles. The van der Waals surface area contributed by atoms with Crippen LogP contribution in [-0.4, -0.2) is 20.7 Å². The van der Waals surface area contributed by atoms with Crippen LogP contribution in [0.1, 0.15) is 21.7 Å². The van der Waals surface area contributed by atoms with Gasteiger partial charge in [0.15, 0.2) is 5.82 Å². The van der Waals surface area contributed by atoms with Gasteiger partial charge in [0.1, 0.15) is 0 Å². The monoisotopic (exact) mass is 436 g/mol. The summed E-state index contributed by atoms with van der Waals surface area (Å²) in [4.78, 5) is 17.4. The number of rotatable bonds is 4. The predicted octanol–water partition coefficient (Wildman–Crippen LogP) is 6.11. The zero-order valence-corrected chi connectivity index (χ0v) is 17.9. The first-order valence-corrected chi connectivity index (χ1v) is 10.0. The van der Waals surface area contributed by atoms with Crippen molar-refractivity contribution in [2.45, 2.75) is 13.8 Å². The maximum Gasteiger partial charge on any atom is 0.295 e. The van der Waals surface area contributed by atoms with Gasteiger partial charge in [-0.1, -0.05) is 65.7 Å². The number of aromatic nitrogens is 3. The number of nitrogens with one attached hydrogen (secondary N) is 1. The van der Waals surface area contributed by atoms with Crippen molar-refractivity contribution in [1.82, 2.24) is 14.8 Å². The molecule has 150 valence electrons. The third kappa shape index (κ3) is 3.95. The summed E-state index contributed by atoms with van der Waals surface area (Å²) in [5, 5.41) is 8.51.